The van der Waals surface area contributed by atoms with E-state index in [9.17, 15) is 21.6 Å². The van der Waals surface area contributed by atoms with Crippen LogP contribution in [0.4, 0.5) is 24.5 Å². The molecule has 1 aliphatic rings. The molecule has 1 unspecified atom stereocenters. The number of benzene rings is 2. The van der Waals surface area contributed by atoms with E-state index in [4.69, 9.17) is 0 Å². The molecule has 10 heteroatoms. The smallest absolute Gasteiger partial charge is 0.375 e. The first-order valence-corrected chi connectivity index (χ1v) is 13.8. The number of hydrogen-bond acceptors (Lipinski definition) is 6. The molecule has 32 heavy (non-hydrogen) atoms. The Morgan fingerprint density at radius 3 is 2.50 bits per heavy atom. The van der Waals surface area contributed by atoms with Gasteiger partial charge in [-0.25, -0.2) is 0 Å². The molecular weight excluding hydrogens is 479 g/mol. The number of fused-ring (bicyclic) bond motifs is 1. The Hall–Kier alpha value is -1.52. The Morgan fingerprint density at radius 2 is 1.91 bits per heavy atom. The van der Waals surface area contributed by atoms with Crippen LogP contribution in [0.25, 0.3) is 0 Å². The lowest BCUT2D eigenvalue weighted by Gasteiger charge is -2.34. The second kappa shape index (κ2) is 9.77. The zero-order valence-corrected chi connectivity index (χ0v) is 20.6. The summed E-state index contributed by atoms with van der Waals surface area (Å²) in [4.78, 5) is 3.20. The minimum absolute atomic E-state index is 0.0336. The summed E-state index contributed by atoms with van der Waals surface area (Å²) in [5, 5.41) is 0. The van der Waals surface area contributed by atoms with Crippen LogP contribution in [-0.4, -0.2) is 32.5 Å². The zero-order valence-electron chi connectivity index (χ0n) is 18.1. The second-order valence-electron chi connectivity index (χ2n) is 8.08. The van der Waals surface area contributed by atoms with E-state index in [1.54, 1.807) is 12.3 Å². The third kappa shape index (κ3) is 5.51. The maximum atomic E-state index is 12.9. The standard InChI is InChI=1S/C22H26F3NO3S3/c1-4-5-11-21(2)14-26(16-9-7-6-8-10-16)17-12-20(30-3)18(13-19(17)31-15-21)29-32(27,28)22(23,24)25/h6-10,12-13H,4-5,11,14-15H2,1-3H3. The number of unbranched alkanes of at least 4 members (excludes halogenated alkanes) is 1. The van der Waals surface area contributed by atoms with Gasteiger partial charge in [0, 0.05) is 22.9 Å². The summed E-state index contributed by atoms with van der Waals surface area (Å²) < 4.78 is 66.7. The topological polar surface area (TPSA) is 46.6 Å². The van der Waals surface area contributed by atoms with Crippen LogP contribution in [-0.2, 0) is 10.1 Å². The van der Waals surface area contributed by atoms with Gasteiger partial charge in [-0.1, -0.05) is 44.9 Å². The highest BCUT2D eigenvalue weighted by Gasteiger charge is 2.49. The molecule has 0 aromatic heterocycles. The average Bonchev–Trinajstić information content (AvgIpc) is 2.88. The second-order valence-corrected chi connectivity index (χ2v) is 11.5. The summed E-state index contributed by atoms with van der Waals surface area (Å²) in [6.45, 7) is 5.11. The lowest BCUT2D eigenvalue weighted by atomic mass is 9.86. The molecule has 0 saturated carbocycles. The normalized spacial score (nSPS) is 19.4. The number of nitrogens with zero attached hydrogens (tertiary/aromatic N) is 1. The summed E-state index contributed by atoms with van der Waals surface area (Å²) >= 11 is 2.67. The number of hydrogen-bond donors (Lipinski definition) is 0. The molecule has 0 saturated heterocycles. The van der Waals surface area contributed by atoms with Gasteiger partial charge in [0.25, 0.3) is 0 Å². The molecule has 0 N–H and O–H groups in total. The molecule has 0 spiro atoms. The highest BCUT2D eigenvalue weighted by atomic mass is 32.2. The van der Waals surface area contributed by atoms with Crippen LogP contribution in [0.5, 0.6) is 5.75 Å². The quantitative estimate of drug-likeness (QED) is 0.228. The Morgan fingerprint density at radius 1 is 1.22 bits per heavy atom. The molecule has 0 bridgehead atoms. The van der Waals surface area contributed by atoms with E-state index in [1.807, 2.05) is 30.3 Å². The van der Waals surface area contributed by atoms with Gasteiger partial charge in [0.1, 0.15) is 0 Å². The molecule has 2 aromatic carbocycles. The van der Waals surface area contributed by atoms with Crippen molar-refractivity contribution < 1.29 is 25.8 Å². The number of alkyl halides is 3. The van der Waals surface area contributed by atoms with Crippen LogP contribution in [0.15, 0.2) is 52.3 Å². The molecule has 0 radical (unpaired) electrons. The van der Waals surface area contributed by atoms with E-state index in [2.05, 4.69) is 22.9 Å². The van der Waals surface area contributed by atoms with Gasteiger partial charge >= 0.3 is 15.6 Å². The fourth-order valence-corrected chi connectivity index (χ4v) is 5.90. The maximum absolute atomic E-state index is 12.9. The van der Waals surface area contributed by atoms with Gasteiger partial charge in [0.2, 0.25) is 0 Å². The van der Waals surface area contributed by atoms with E-state index in [-0.39, 0.29) is 11.2 Å². The number of anilines is 2. The molecule has 0 aliphatic carbocycles. The summed E-state index contributed by atoms with van der Waals surface area (Å²) in [6, 6.07) is 13.0. The molecule has 0 fully saturated rings. The molecule has 1 heterocycles. The van der Waals surface area contributed by atoms with Gasteiger partial charge in [0.15, 0.2) is 5.75 Å². The predicted molar refractivity (Wildman–Crippen MR) is 126 cm³/mol. The van der Waals surface area contributed by atoms with Crippen molar-refractivity contribution in [3.05, 3.63) is 42.5 Å². The number of thioether (sulfide) groups is 2. The van der Waals surface area contributed by atoms with E-state index >= 15 is 0 Å². The fraction of sp³-hybridized carbons (Fsp3) is 0.455. The van der Waals surface area contributed by atoms with E-state index < -0.39 is 15.6 Å². The number of halogens is 3. The fourth-order valence-electron chi connectivity index (χ4n) is 3.60. The van der Waals surface area contributed by atoms with Gasteiger partial charge in [-0.15, -0.1) is 23.5 Å². The molecule has 1 aliphatic heterocycles. The molecule has 4 nitrogen and oxygen atoms in total. The van der Waals surface area contributed by atoms with Crippen LogP contribution in [0.1, 0.15) is 33.1 Å². The minimum Gasteiger partial charge on any atom is -0.375 e. The van der Waals surface area contributed by atoms with Crippen LogP contribution >= 0.6 is 23.5 Å². The van der Waals surface area contributed by atoms with Crippen molar-refractivity contribution in [2.24, 2.45) is 5.41 Å². The first-order valence-electron chi connectivity index (χ1n) is 10.2. The summed E-state index contributed by atoms with van der Waals surface area (Å²) in [5.74, 6) is 0.458. The summed E-state index contributed by atoms with van der Waals surface area (Å²) in [7, 11) is -5.76. The van der Waals surface area contributed by atoms with Gasteiger partial charge in [-0.2, -0.15) is 21.6 Å². The largest absolute Gasteiger partial charge is 0.534 e. The van der Waals surface area contributed by atoms with Crippen molar-refractivity contribution >= 4 is 45.0 Å². The molecule has 3 rings (SSSR count). The van der Waals surface area contributed by atoms with Crippen molar-refractivity contribution in [1.82, 2.24) is 0 Å². The van der Waals surface area contributed by atoms with Crippen LogP contribution in [0.3, 0.4) is 0 Å². The third-order valence-electron chi connectivity index (χ3n) is 5.34. The lowest BCUT2D eigenvalue weighted by molar-refractivity contribution is -0.0500. The van der Waals surface area contributed by atoms with Crippen LogP contribution in [0, 0.1) is 5.41 Å². The van der Waals surface area contributed by atoms with Crippen LogP contribution < -0.4 is 9.08 Å². The Kier molecular flexibility index (Phi) is 7.66. The van der Waals surface area contributed by atoms with E-state index in [0.29, 0.717) is 9.79 Å². The highest BCUT2D eigenvalue weighted by Crippen LogP contribution is 2.48. The van der Waals surface area contributed by atoms with Crippen molar-refractivity contribution in [1.29, 1.82) is 0 Å². The highest BCUT2D eigenvalue weighted by molar-refractivity contribution is 7.99. The molecule has 0 amide bonds. The van der Waals surface area contributed by atoms with Gasteiger partial charge < -0.3 is 9.08 Å². The average molecular weight is 506 g/mol. The predicted octanol–water partition coefficient (Wildman–Crippen LogP) is 7.08. The Labute approximate surface area is 196 Å². The summed E-state index contributed by atoms with van der Waals surface area (Å²) in [5.41, 5.74) is -3.71. The van der Waals surface area contributed by atoms with Crippen molar-refractivity contribution in [3.8, 4) is 5.75 Å². The monoisotopic (exact) mass is 505 g/mol. The van der Waals surface area contributed by atoms with Gasteiger partial charge in [0.05, 0.1) is 10.6 Å². The first kappa shape index (κ1) is 25.1. The third-order valence-corrected chi connectivity index (χ3v) is 8.54. The van der Waals surface area contributed by atoms with Gasteiger partial charge in [-0.05, 0) is 42.4 Å². The van der Waals surface area contributed by atoms with Crippen molar-refractivity contribution in [2.75, 3.05) is 23.5 Å². The Bertz CT molecular complexity index is 1050. The zero-order chi connectivity index (χ0) is 23.6. The first-order chi connectivity index (χ1) is 15.0. The lowest BCUT2D eigenvalue weighted by Crippen LogP contribution is -2.33. The molecule has 1 atom stereocenters. The number of rotatable bonds is 7. The summed E-state index contributed by atoms with van der Waals surface area (Å²) in [6.07, 6.45) is 4.83. The molecule has 2 aromatic rings. The van der Waals surface area contributed by atoms with E-state index in [0.717, 1.165) is 54.7 Å². The molecular formula is C22H26F3NO3S3. The maximum Gasteiger partial charge on any atom is 0.534 e. The van der Waals surface area contributed by atoms with Crippen LogP contribution in [0.2, 0.25) is 0 Å². The Balaban J connectivity index is 2.11. The molecule has 176 valence electrons. The van der Waals surface area contributed by atoms with Crippen molar-refractivity contribution in [3.63, 3.8) is 0 Å². The minimum atomic E-state index is -5.76. The van der Waals surface area contributed by atoms with Gasteiger partial charge in [-0.3, -0.25) is 0 Å². The van der Waals surface area contributed by atoms with Crippen molar-refractivity contribution in [2.45, 2.75) is 48.4 Å². The van der Waals surface area contributed by atoms with E-state index in [1.165, 1.54) is 17.8 Å². The SMILES string of the molecule is CCCCC1(C)CSc2cc(OS(=O)(=O)C(F)(F)F)c(SC)cc2N(c2ccccc2)C1. The number of para-hydroxylation sites is 1.